The Bertz CT molecular complexity index is 513. The van der Waals surface area contributed by atoms with E-state index in [1.54, 1.807) is 18.3 Å². The van der Waals surface area contributed by atoms with Crippen molar-refractivity contribution in [1.29, 1.82) is 0 Å². The molecule has 0 bridgehead atoms. The van der Waals surface area contributed by atoms with Gasteiger partial charge in [-0.25, -0.2) is 13.1 Å². The first kappa shape index (κ1) is 14.3. The maximum absolute atomic E-state index is 11.5. The van der Waals surface area contributed by atoms with Crippen molar-refractivity contribution in [2.45, 2.75) is 25.8 Å². The summed E-state index contributed by atoms with van der Waals surface area (Å²) in [7, 11) is -3.13. The molecule has 1 aromatic heterocycles. The van der Waals surface area contributed by atoms with Crippen LogP contribution in [0.15, 0.2) is 6.07 Å². The van der Waals surface area contributed by atoms with Gasteiger partial charge in [0.2, 0.25) is 10.0 Å². The number of fused-ring (bicyclic) bond motifs is 1. The normalized spacial score (nSPS) is 19.1. The number of nitrogens with one attached hydrogen (secondary N) is 2. The van der Waals surface area contributed by atoms with Gasteiger partial charge in [-0.15, -0.1) is 11.3 Å². The molecule has 18 heavy (non-hydrogen) atoms. The SMILES string of the molecule is CCNS(=O)(=O)CCNC1CCc2sc(Cl)cc21. The molecule has 0 fully saturated rings. The Morgan fingerprint density at radius 1 is 1.56 bits per heavy atom. The third kappa shape index (κ3) is 3.45. The van der Waals surface area contributed by atoms with Gasteiger partial charge in [-0.05, 0) is 24.5 Å². The van der Waals surface area contributed by atoms with Crippen LogP contribution in [0.4, 0.5) is 0 Å². The van der Waals surface area contributed by atoms with E-state index in [-0.39, 0.29) is 11.8 Å². The molecule has 0 aliphatic heterocycles. The van der Waals surface area contributed by atoms with Gasteiger partial charge < -0.3 is 5.32 Å². The van der Waals surface area contributed by atoms with Gasteiger partial charge in [-0.3, -0.25) is 0 Å². The topological polar surface area (TPSA) is 58.2 Å². The molecular weight excluding hydrogens is 292 g/mol. The molecule has 0 radical (unpaired) electrons. The van der Waals surface area contributed by atoms with Gasteiger partial charge >= 0.3 is 0 Å². The molecule has 0 spiro atoms. The fourth-order valence-corrected chi connectivity index (χ4v) is 4.53. The number of aryl methyl sites for hydroxylation is 1. The van der Waals surface area contributed by atoms with Crippen LogP contribution in [-0.4, -0.2) is 27.3 Å². The first-order valence-corrected chi connectivity index (χ1v) is 8.85. The van der Waals surface area contributed by atoms with Crippen LogP contribution in [0.25, 0.3) is 0 Å². The summed E-state index contributed by atoms with van der Waals surface area (Å²) in [5, 5.41) is 3.29. The highest BCUT2D eigenvalue weighted by molar-refractivity contribution is 7.89. The van der Waals surface area contributed by atoms with Crippen LogP contribution < -0.4 is 10.0 Å². The summed E-state index contributed by atoms with van der Waals surface area (Å²) < 4.78 is 26.3. The third-order valence-electron chi connectivity index (χ3n) is 2.97. The minimum absolute atomic E-state index is 0.116. The Hall–Kier alpha value is -0.140. The van der Waals surface area contributed by atoms with E-state index in [1.165, 1.54) is 10.4 Å². The van der Waals surface area contributed by atoms with E-state index < -0.39 is 10.0 Å². The smallest absolute Gasteiger partial charge is 0.212 e. The lowest BCUT2D eigenvalue weighted by atomic mass is 10.2. The van der Waals surface area contributed by atoms with Crippen LogP contribution in [0.1, 0.15) is 29.8 Å². The predicted molar refractivity (Wildman–Crippen MR) is 75.9 cm³/mol. The average Bonchev–Trinajstić information content (AvgIpc) is 2.78. The fourth-order valence-electron chi connectivity index (χ4n) is 2.20. The zero-order chi connectivity index (χ0) is 13.2. The summed E-state index contributed by atoms with van der Waals surface area (Å²) in [6.45, 7) is 2.69. The first-order valence-electron chi connectivity index (χ1n) is 6.00. The molecule has 2 rings (SSSR count). The number of thiophene rings is 1. The van der Waals surface area contributed by atoms with Gasteiger partial charge in [0.05, 0.1) is 10.1 Å². The van der Waals surface area contributed by atoms with Crippen LogP contribution in [0.2, 0.25) is 4.34 Å². The zero-order valence-electron chi connectivity index (χ0n) is 10.2. The quantitative estimate of drug-likeness (QED) is 0.844. The maximum Gasteiger partial charge on any atom is 0.212 e. The van der Waals surface area contributed by atoms with Crippen LogP contribution >= 0.6 is 22.9 Å². The van der Waals surface area contributed by atoms with E-state index in [1.807, 2.05) is 6.07 Å². The van der Waals surface area contributed by atoms with Crippen molar-refractivity contribution in [2.75, 3.05) is 18.8 Å². The Morgan fingerprint density at radius 2 is 2.33 bits per heavy atom. The highest BCUT2D eigenvalue weighted by atomic mass is 35.5. The molecule has 2 N–H and O–H groups in total. The van der Waals surface area contributed by atoms with E-state index >= 15 is 0 Å². The summed E-state index contributed by atoms with van der Waals surface area (Å²) in [6, 6.07) is 2.24. The molecule has 4 nitrogen and oxygen atoms in total. The van der Waals surface area contributed by atoms with Gasteiger partial charge in [0.25, 0.3) is 0 Å². The summed E-state index contributed by atoms with van der Waals surface area (Å²) in [6.07, 6.45) is 2.06. The largest absolute Gasteiger partial charge is 0.309 e. The summed E-state index contributed by atoms with van der Waals surface area (Å²) in [4.78, 5) is 1.33. The first-order chi connectivity index (χ1) is 8.52. The van der Waals surface area contributed by atoms with Gasteiger partial charge in [0.15, 0.2) is 0 Å². The molecule has 1 heterocycles. The van der Waals surface area contributed by atoms with E-state index in [4.69, 9.17) is 11.6 Å². The van der Waals surface area contributed by atoms with Crippen LogP contribution in [-0.2, 0) is 16.4 Å². The lowest BCUT2D eigenvalue weighted by Gasteiger charge is -2.13. The van der Waals surface area contributed by atoms with Gasteiger partial charge in [-0.1, -0.05) is 18.5 Å². The van der Waals surface area contributed by atoms with Crippen LogP contribution in [0.3, 0.4) is 0 Å². The molecule has 1 atom stereocenters. The molecule has 0 saturated heterocycles. The molecule has 1 unspecified atom stereocenters. The van der Waals surface area contributed by atoms with E-state index in [2.05, 4.69) is 10.0 Å². The number of hydrogen-bond donors (Lipinski definition) is 2. The molecule has 1 aliphatic carbocycles. The molecule has 1 aromatic rings. The molecule has 0 amide bonds. The molecule has 0 saturated carbocycles. The Balaban J connectivity index is 1.86. The van der Waals surface area contributed by atoms with Crippen molar-refractivity contribution >= 4 is 33.0 Å². The lowest BCUT2D eigenvalue weighted by molar-refractivity contribution is 0.538. The molecule has 102 valence electrons. The third-order valence-corrected chi connectivity index (χ3v) is 5.78. The highest BCUT2D eigenvalue weighted by Crippen LogP contribution is 2.39. The molecular formula is C11H17ClN2O2S2. The Labute approximate surface area is 117 Å². The van der Waals surface area contributed by atoms with Gasteiger partial charge in [0.1, 0.15) is 0 Å². The number of halogens is 1. The second kappa shape index (κ2) is 5.88. The average molecular weight is 309 g/mol. The Kier molecular flexibility index (Phi) is 4.66. The minimum Gasteiger partial charge on any atom is -0.309 e. The number of rotatable bonds is 6. The maximum atomic E-state index is 11.5. The second-order valence-corrected chi connectivity index (χ2v) is 7.99. The van der Waals surface area contributed by atoms with Crippen molar-refractivity contribution in [2.24, 2.45) is 0 Å². The monoisotopic (exact) mass is 308 g/mol. The van der Waals surface area contributed by atoms with Gasteiger partial charge in [-0.2, -0.15) is 0 Å². The van der Waals surface area contributed by atoms with E-state index in [9.17, 15) is 8.42 Å². The second-order valence-electron chi connectivity index (χ2n) is 4.29. The number of hydrogen-bond acceptors (Lipinski definition) is 4. The van der Waals surface area contributed by atoms with Crippen molar-refractivity contribution < 1.29 is 8.42 Å². The van der Waals surface area contributed by atoms with Crippen molar-refractivity contribution in [3.63, 3.8) is 0 Å². The summed E-state index contributed by atoms with van der Waals surface area (Å²) >= 11 is 7.60. The van der Waals surface area contributed by atoms with Crippen molar-refractivity contribution in [3.8, 4) is 0 Å². The standard InChI is InChI=1S/C11H17ClN2O2S2/c1-2-14-18(15,16)6-5-13-9-3-4-10-8(9)7-11(12)17-10/h7,9,13-14H,2-6H2,1H3. The summed E-state index contributed by atoms with van der Waals surface area (Å²) in [5.41, 5.74) is 1.24. The molecule has 1 aliphatic rings. The number of sulfonamides is 1. The molecule has 7 heteroatoms. The zero-order valence-corrected chi connectivity index (χ0v) is 12.6. The van der Waals surface area contributed by atoms with E-state index in [0.29, 0.717) is 13.1 Å². The molecule has 0 aromatic carbocycles. The lowest BCUT2D eigenvalue weighted by Crippen LogP contribution is -2.32. The van der Waals surface area contributed by atoms with E-state index in [0.717, 1.165) is 17.2 Å². The van der Waals surface area contributed by atoms with Gasteiger partial charge in [0, 0.05) is 24.0 Å². The minimum atomic E-state index is -3.13. The fraction of sp³-hybridized carbons (Fsp3) is 0.636. The highest BCUT2D eigenvalue weighted by Gasteiger charge is 2.24. The van der Waals surface area contributed by atoms with Crippen molar-refractivity contribution in [1.82, 2.24) is 10.0 Å². The Morgan fingerprint density at radius 3 is 3.06 bits per heavy atom. The van der Waals surface area contributed by atoms with Crippen LogP contribution in [0, 0.1) is 0 Å². The summed E-state index contributed by atoms with van der Waals surface area (Å²) in [5.74, 6) is 0.116. The predicted octanol–water partition coefficient (Wildman–Crippen LogP) is 1.92. The van der Waals surface area contributed by atoms with Crippen LogP contribution in [0.5, 0.6) is 0 Å². The van der Waals surface area contributed by atoms with Crippen molar-refractivity contribution in [3.05, 3.63) is 20.8 Å².